The van der Waals surface area contributed by atoms with Crippen LogP contribution in [0.15, 0.2) is 48.5 Å². The number of carbonyl (C=O) groups is 1. The van der Waals surface area contributed by atoms with Gasteiger partial charge in [-0.3, -0.25) is 9.52 Å². The fourth-order valence-electron chi connectivity index (χ4n) is 4.41. The van der Waals surface area contributed by atoms with Crippen molar-refractivity contribution in [3.05, 3.63) is 59.7 Å². The molecule has 1 atom stereocenters. The van der Waals surface area contributed by atoms with Gasteiger partial charge in [-0.05, 0) is 60.9 Å². The molecule has 29 heavy (non-hydrogen) atoms. The molecule has 1 saturated carbocycles. The zero-order valence-corrected chi connectivity index (χ0v) is 17.6. The normalized spacial score (nSPS) is 18.1. The van der Waals surface area contributed by atoms with E-state index in [4.69, 9.17) is 0 Å². The van der Waals surface area contributed by atoms with Crippen molar-refractivity contribution < 1.29 is 13.2 Å². The van der Waals surface area contributed by atoms with Gasteiger partial charge in [0.05, 0.1) is 0 Å². The van der Waals surface area contributed by atoms with Crippen LogP contribution in [0.1, 0.15) is 55.4 Å². The van der Waals surface area contributed by atoms with Crippen LogP contribution in [0.25, 0.3) is 0 Å². The van der Waals surface area contributed by atoms with E-state index in [0.717, 1.165) is 42.5 Å². The van der Waals surface area contributed by atoms with E-state index in [1.807, 2.05) is 54.3 Å². The van der Waals surface area contributed by atoms with Crippen LogP contribution in [-0.4, -0.2) is 20.9 Å². The molecule has 1 aliphatic heterocycles. The number of aryl methyl sites for hydroxylation is 1. The molecule has 154 valence electrons. The molecule has 2 aromatic carbocycles. The molecule has 1 heterocycles. The number of nitrogens with one attached hydrogen (secondary N) is 1. The summed E-state index contributed by atoms with van der Waals surface area (Å²) in [5, 5.41) is -0.536. The van der Waals surface area contributed by atoms with Gasteiger partial charge in [0, 0.05) is 24.3 Å². The van der Waals surface area contributed by atoms with Crippen molar-refractivity contribution in [1.82, 2.24) is 0 Å². The Morgan fingerprint density at radius 3 is 2.52 bits per heavy atom. The Morgan fingerprint density at radius 1 is 1.10 bits per heavy atom. The van der Waals surface area contributed by atoms with Crippen LogP contribution in [-0.2, 0) is 21.2 Å². The van der Waals surface area contributed by atoms with Crippen LogP contribution in [0.3, 0.4) is 0 Å². The number of hydrogen-bond donors (Lipinski definition) is 1. The second-order valence-electron chi connectivity index (χ2n) is 8.06. The molecule has 2 aliphatic rings. The number of amides is 1. The molecule has 5 nitrogen and oxygen atoms in total. The lowest BCUT2D eigenvalue weighted by Crippen LogP contribution is -2.35. The average molecular weight is 413 g/mol. The maximum absolute atomic E-state index is 13.3. The van der Waals surface area contributed by atoms with Gasteiger partial charge < -0.3 is 4.90 Å². The minimum absolute atomic E-state index is 0.141. The number of hydrogen-bond acceptors (Lipinski definition) is 3. The first-order chi connectivity index (χ1) is 14.0. The smallest absolute Gasteiger partial charge is 0.240 e. The first-order valence-corrected chi connectivity index (χ1v) is 12.0. The van der Waals surface area contributed by atoms with Gasteiger partial charge in [0.25, 0.3) is 0 Å². The van der Waals surface area contributed by atoms with Gasteiger partial charge in [-0.2, -0.15) is 0 Å². The van der Waals surface area contributed by atoms with E-state index < -0.39 is 15.3 Å². The van der Waals surface area contributed by atoms with Crippen LogP contribution in [0, 0.1) is 5.92 Å². The zero-order valence-electron chi connectivity index (χ0n) is 16.8. The Morgan fingerprint density at radius 2 is 1.86 bits per heavy atom. The van der Waals surface area contributed by atoms with Crippen molar-refractivity contribution in [2.75, 3.05) is 16.2 Å². The number of rotatable bonds is 7. The lowest BCUT2D eigenvalue weighted by atomic mass is 9.80. The summed E-state index contributed by atoms with van der Waals surface area (Å²) in [4.78, 5) is 14.1. The minimum atomic E-state index is -3.58. The van der Waals surface area contributed by atoms with E-state index in [-0.39, 0.29) is 11.8 Å². The van der Waals surface area contributed by atoms with Crippen molar-refractivity contribution in [1.29, 1.82) is 0 Å². The Hall–Kier alpha value is -2.34. The standard InChI is InChI=1S/C23H28N2O3S/c1-2-15-25-21-13-12-20(16-19(21)11-14-22(25)26)24-29(27,28)23(18-9-6-10-18)17-7-4-3-5-8-17/h3-5,7-8,12-13,16,18,23-24H,2,6,9-11,14-15H2,1H3. The summed E-state index contributed by atoms with van der Waals surface area (Å²) in [5.41, 5.74) is 3.36. The topological polar surface area (TPSA) is 66.5 Å². The van der Waals surface area contributed by atoms with Crippen molar-refractivity contribution in [2.45, 2.75) is 50.7 Å². The quantitative estimate of drug-likeness (QED) is 0.719. The zero-order chi connectivity index (χ0) is 20.4. The van der Waals surface area contributed by atoms with Crippen LogP contribution in [0.2, 0.25) is 0 Å². The molecular weight excluding hydrogens is 384 g/mol. The van der Waals surface area contributed by atoms with E-state index in [1.54, 1.807) is 6.07 Å². The molecule has 0 radical (unpaired) electrons. The highest BCUT2D eigenvalue weighted by molar-refractivity contribution is 7.93. The number of fused-ring (bicyclic) bond motifs is 1. The largest absolute Gasteiger partial charge is 0.312 e. The van der Waals surface area contributed by atoms with Crippen molar-refractivity contribution in [3.8, 4) is 0 Å². The lowest BCUT2D eigenvalue weighted by Gasteiger charge is -2.34. The summed E-state index contributed by atoms with van der Waals surface area (Å²) < 4.78 is 29.5. The molecular formula is C23H28N2O3S. The monoisotopic (exact) mass is 412 g/mol. The Balaban J connectivity index is 1.61. The number of anilines is 2. The maximum Gasteiger partial charge on any atom is 0.240 e. The summed E-state index contributed by atoms with van der Waals surface area (Å²) in [7, 11) is -3.58. The first kappa shape index (κ1) is 20.0. The van der Waals surface area contributed by atoms with Crippen molar-refractivity contribution in [2.24, 2.45) is 5.92 Å². The molecule has 0 bridgehead atoms. The molecule has 6 heteroatoms. The molecule has 1 fully saturated rings. The molecule has 1 amide bonds. The Kier molecular flexibility index (Phi) is 5.63. The van der Waals surface area contributed by atoms with Gasteiger partial charge >= 0.3 is 0 Å². The summed E-state index contributed by atoms with van der Waals surface area (Å²) >= 11 is 0. The fraction of sp³-hybridized carbons (Fsp3) is 0.435. The van der Waals surface area contributed by atoms with E-state index in [1.165, 1.54) is 0 Å². The number of nitrogens with zero attached hydrogens (tertiary/aromatic N) is 1. The second-order valence-corrected chi connectivity index (χ2v) is 9.86. The van der Waals surface area contributed by atoms with Gasteiger partial charge in [0.2, 0.25) is 15.9 Å². The predicted octanol–water partition coefficient (Wildman–Crippen LogP) is 4.66. The van der Waals surface area contributed by atoms with Crippen molar-refractivity contribution >= 4 is 27.3 Å². The third-order valence-electron chi connectivity index (χ3n) is 6.03. The minimum Gasteiger partial charge on any atom is -0.312 e. The molecule has 0 spiro atoms. The molecule has 4 rings (SSSR count). The van der Waals surface area contributed by atoms with E-state index >= 15 is 0 Å². The third kappa shape index (κ3) is 4.04. The number of carbonyl (C=O) groups excluding carboxylic acids is 1. The first-order valence-electron chi connectivity index (χ1n) is 10.5. The molecule has 1 aliphatic carbocycles. The van der Waals surface area contributed by atoms with Gasteiger partial charge in [-0.25, -0.2) is 8.42 Å². The Labute approximate surface area is 173 Å². The second kappa shape index (κ2) is 8.19. The third-order valence-corrected chi connectivity index (χ3v) is 7.87. The lowest BCUT2D eigenvalue weighted by molar-refractivity contribution is -0.118. The SMILES string of the molecule is CCCN1C(=O)CCc2cc(NS(=O)(=O)C(c3ccccc3)C3CCC3)ccc21. The summed E-state index contributed by atoms with van der Waals surface area (Å²) in [5.74, 6) is 0.298. The molecule has 1 unspecified atom stereocenters. The van der Waals surface area contributed by atoms with Crippen LogP contribution in [0.4, 0.5) is 11.4 Å². The summed E-state index contributed by atoms with van der Waals surface area (Å²) in [6.45, 7) is 2.74. The van der Waals surface area contributed by atoms with Gasteiger partial charge in [0.15, 0.2) is 0 Å². The summed E-state index contributed by atoms with van der Waals surface area (Å²) in [6.07, 6.45) is 4.98. The Bertz CT molecular complexity index is 984. The van der Waals surface area contributed by atoms with Gasteiger partial charge in [-0.15, -0.1) is 0 Å². The van der Waals surface area contributed by atoms with Crippen LogP contribution < -0.4 is 9.62 Å². The van der Waals surface area contributed by atoms with Gasteiger partial charge in [-0.1, -0.05) is 43.7 Å². The predicted molar refractivity (Wildman–Crippen MR) is 116 cm³/mol. The van der Waals surface area contributed by atoms with Crippen molar-refractivity contribution in [3.63, 3.8) is 0 Å². The van der Waals surface area contributed by atoms with E-state index in [0.29, 0.717) is 25.1 Å². The molecule has 1 N–H and O–H groups in total. The highest BCUT2D eigenvalue weighted by Gasteiger charge is 2.38. The molecule has 0 saturated heterocycles. The van der Waals surface area contributed by atoms with Gasteiger partial charge in [0.1, 0.15) is 5.25 Å². The highest BCUT2D eigenvalue weighted by atomic mass is 32.2. The summed E-state index contributed by atoms with van der Waals surface area (Å²) in [6, 6.07) is 15.1. The highest BCUT2D eigenvalue weighted by Crippen LogP contribution is 2.43. The average Bonchev–Trinajstić information content (AvgIpc) is 2.67. The van der Waals surface area contributed by atoms with E-state index in [9.17, 15) is 13.2 Å². The fourth-order valence-corrected chi connectivity index (χ4v) is 6.29. The van der Waals surface area contributed by atoms with E-state index in [2.05, 4.69) is 4.72 Å². The van der Waals surface area contributed by atoms with Crippen LogP contribution >= 0.6 is 0 Å². The number of sulfonamides is 1. The molecule has 2 aromatic rings. The maximum atomic E-state index is 13.3. The van der Waals surface area contributed by atoms with Crippen LogP contribution in [0.5, 0.6) is 0 Å². The molecule has 0 aromatic heterocycles. The number of benzene rings is 2.